The van der Waals surface area contributed by atoms with Crippen LogP contribution in [0, 0.1) is 11.8 Å². The molecular weight excluding hydrogens is 228 g/mol. The first-order valence-corrected chi connectivity index (χ1v) is 6.24. The molecule has 2 amide bonds. The quantitative estimate of drug-likeness (QED) is 0.509. The average Bonchev–Trinajstić information content (AvgIpc) is 3.01. The van der Waals surface area contributed by atoms with E-state index in [1.54, 1.807) is 0 Å². The Kier molecular flexibility index (Phi) is 3.74. The number of carbonyl (C=O) groups is 2. The summed E-state index contributed by atoms with van der Waals surface area (Å²) in [4.78, 5) is 24.5. The van der Waals surface area contributed by atoms with Crippen LogP contribution in [-0.2, 0) is 9.59 Å². The molecule has 0 spiro atoms. The van der Waals surface area contributed by atoms with Gasteiger partial charge in [-0.15, -0.1) is 0 Å². The molecular formula is C12H17F2NO2. The monoisotopic (exact) mass is 245 g/mol. The molecule has 2 aliphatic rings. The predicted octanol–water partition coefficient (Wildman–Crippen LogP) is 2.21. The van der Waals surface area contributed by atoms with E-state index in [-0.39, 0.29) is 30.1 Å². The summed E-state index contributed by atoms with van der Waals surface area (Å²) in [6.07, 6.45) is 1.27. The maximum atomic E-state index is 11.8. The fourth-order valence-corrected chi connectivity index (χ4v) is 2.39. The molecule has 0 bridgehead atoms. The Bertz CT molecular complexity index is 300. The van der Waals surface area contributed by atoms with Crippen LogP contribution in [0.1, 0.15) is 38.5 Å². The molecule has 5 heteroatoms. The zero-order valence-corrected chi connectivity index (χ0v) is 9.70. The standard InChI is InChI=1S/C12H17F2NO2/c13-10(14)5-3-1-2-4-6-15-11(16)8-7-9(8)12(15)17/h8-10H,1-7H2. The van der Waals surface area contributed by atoms with E-state index in [2.05, 4.69) is 0 Å². The number of imide groups is 1. The van der Waals surface area contributed by atoms with Crippen molar-refractivity contribution < 1.29 is 18.4 Å². The summed E-state index contributed by atoms with van der Waals surface area (Å²) in [6, 6.07) is 0. The lowest BCUT2D eigenvalue weighted by Crippen LogP contribution is -2.33. The number of fused-ring (bicyclic) bond motifs is 1. The van der Waals surface area contributed by atoms with Crippen LogP contribution in [0.2, 0.25) is 0 Å². The van der Waals surface area contributed by atoms with Crippen LogP contribution in [0.5, 0.6) is 0 Å². The smallest absolute Gasteiger partial charge is 0.238 e. The lowest BCUT2D eigenvalue weighted by molar-refractivity contribution is -0.141. The number of likely N-dealkylation sites (tertiary alicyclic amines) is 1. The molecule has 96 valence electrons. The summed E-state index contributed by atoms with van der Waals surface area (Å²) in [5, 5.41) is 0. The highest BCUT2D eigenvalue weighted by molar-refractivity contribution is 6.08. The van der Waals surface area contributed by atoms with Gasteiger partial charge >= 0.3 is 0 Å². The average molecular weight is 245 g/mol. The van der Waals surface area contributed by atoms with Crippen molar-refractivity contribution in [2.75, 3.05) is 6.54 Å². The first kappa shape index (κ1) is 12.5. The molecule has 0 aromatic heterocycles. The van der Waals surface area contributed by atoms with E-state index in [0.29, 0.717) is 13.0 Å². The summed E-state index contributed by atoms with van der Waals surface area (Å²) in [7, 11) is 0. The van der Waals surface area contributed by atoms with Crippen molar-refractivity contribution in [3.63, 3.8) is 0 Å². The molecule has 2 atom stereocenters. The summed E-state index contributed by atoms with van der Waals surface area (Å²) in [5.74, 6) is -0.0946. The molecule has 0 N–H and O–H groups in total. The zero-order valence-electron chi connectivity index (χ0n) is 9.70. The molecule has 1 aliphatic heterocycles. The SMILES string of the molecule is O=C1C2CC2C(=O)N1CCCCCCC(F)F. The van der Waals surface area contributed by atoms with Crippen LogP contribution in [-0.4, -0.2) is 29.7 Å². The Morgan fingerprint density at radius 1 is 1.06 bits per heavy atom. The van der Waals surface area contributed by atoms with E-state index < -0.39 is 6.43 Å². The third-order valence-electron chi connectivity index (χ3n) is 3.51. The van der Waals surface area contributed by atoms with Crippen LogP contribution >= 0.6 is 0 Å². The topological polar surface area (TPSA) is 37.4 Å². The van der Waals surface area contributed by atoms with Crippen molar-refractivity contribution in [3.05, 3.63) is 0 Å². The normalized spacial score (nSPS) is 26.9. The van der Waals surface area contributed by atoms with Crippen molar-refractivity contribution in [1.29, 1.82) is 0 Å². The van der Waals surface area contributed by atoms with E-state index in [1.807, 2.05) is 0 Å². The molecule has 1 saturated heterocycles. The number of nitrogens with zero attached hydrogens (tertiary/aromatic N) is 1. The van der Waals surface area contributed by atoms with Crippen LogP contribution < -0.4 is 0 Å². The Hall–Kier alpha value is -1.00. The van der Waals surface area contributed by atoms with Crippen LogP contribution in [0.4, 0.5) is 8.78 Å². The Labute approximate surface area is 99.2 Å². The number of alkyl halides is 2. The Balaban J connectivity index is 1.57. The lowest BCUT2D eigenvalue weighted by Gasteiger charge is -2.15. The third-order valence-corrected chi connectivity index (χ3v) is 3.51. The molecule has 1 saturated carbocycles. The number of halogens is 2. The molecule has 3 nitrogen and oxygen atoms in total. The second kappa shape index (κ2) is 5.10. The van der Waals surface area contributed by atoms with Crippen molar-refractivity contribution in [2.45, 2.75) is 45.0 Å². The van der Waals surface area contributed by atoms with Gasteiger partial charge in [-0.05, 0) is 19.3 Å². The fraction of sp³-hybridized carbons (Fsp3) is 0.833. The van der Waals surface area contributed by atoms with Crippen molar-refractivity contribution in [1.82, 2.24) is 4.90 Å². The first-order chi connectivity index (χ1) is 8.11. The van der Waals surface area contributed by atoms with Gasteiger partial charge in [-0.1, -0.05) is 12.8 Å². The molecule has 0 aromatic carbocycles. The summed E-state index contributed by atoms with van der Waals surface area (Å²) in [6.45, 7) is 0.472. The summed E-state index contributed by atoms with van der Waals surface area (Å²) in [5.41, 5.74) is 0. The predicted molar refractivity (Wildman–Crippen MR) is 57.4 cm³/mol. The molecule has 2 unspecified atom stereocenters. The van der Waals surface area contributed by atoms with E-state index in [0.717, 1.165) is 25.7 Å². The number of rotatable bonds is 7. The van der Waals surface area contributed by atoms with Gasteiger partial charge in [-0.25, -0.2) is 8.78 Å². The molecule has 2 fully saturated rings. The first-order valence-electron chi connectivity index (χ1n) is 6.24. The van der Waals surface area contributed by atoms with Gasteiger partial charge in [0.2, 0.25) is 18.2 Å². The van der Waals surface area contributed by atoms with Crippen LogP contribution in [0.25, 0.3) is 0 Å². The maximum Gasteiger partial charge on any atom is 0.238 e. The summed E-state index contributed by atoms with van der Waals surface area (Å²) < 4.78 is 23.7. The molecule has 1 aliphatic carbocycles. The van der Waals surface area contributed by atoms with Crippen molar-refractivity contribution >= 4 is 11.8 Å². The number of hydrogen-bond donors (Lipinski definition) is 0. The van der Waals surface area contributed by atoms with Crippen molar-refractivity contribution in [3.8, 4) is 0 Å². The van der Waals surface area contributed by atoms with Gasteiger partial charge in [-0.3, -0.25) is 14.5 Å². The van der Waals surface area contributed by atoms with Gasteiger partial charge in [0.25, 0.3) is 0 Å². The highest BCUT2D eigenvalue weighted by atomic mass is 19.3. The number of carbonyl (C=O) groups excluding carboxylic acids is 2. The van der Waals surface area contributed by atoms with Crippen molar-refractivity contribution in [2.24, 2.45) is 11.8 Å². The number of amides is 2. The van der Waals surface area contributed by atoms with Crippen LogP contribution in [0.3, 0.4) is 0 Å². The number of piperidine rings is 1. The molecule has 1 heterocycles. The van der Waals surface area contributed by atoms with E-state index >= 15 is 0 Å². The van der Waals surface area contributed by atoms with E-state index in [1.165, 1.54) is 4.90 Å². The van der Waals surface area contributed by atoms with E-state index in [4.69, 9.17) is 0 Å². The lowest BCUT2D eigenvalue weighted by atomic mass is 10.1. The highest BCUT2D eigenvalue weighted by Crippen LogP contribution is 2.46. The second-order valence-electron chi connectivity index (χ2n) is 4.87. The number of unbranched alkanes of at least 4 members (excludes halogenated alkanes) is 3. The maximum absolute atomic E-state index is 11.8. The van der Waals surface area contributed by atoms with Gasteiger partial charge in [0, 0.05) is 13.0 Å². The number of hydrogen-bond acceptors (Lipinski definition) is 2. The minimum atomic E-state index is -2.22. The minimum absolute atomic E-state index is 0.0208. The summed E-state index contributed by atoms with van der Waals surface area (Å²) >= 11 is 0. The van der Waals surface area contributed by atoms with E-state index in [9.17, 15) is 18.4 Å². The van der Waals surface area contributed by atoms with Crippen LogP contribution in [0.15, 0.2) is 0 Å². The molecule has 17 heavy (non-hydrogen) atoms. The largest absolute Gasteiger partial charge is 0.282 e. The Morgan fingerprint density at radius 2 is 1.65 bits per heavy atom. The fourth-order valence-electron chi connectivity index (χ4n) is 2.39. The van der Waals surface area contributed by atoms with Gasteiger partial charge in [0.15, 0.2) is 0 Å². The molecule has 0 aromatic rings. The molecule has 2 rings (SSSR count). The molecule has 0 radical (unpaired) electrons. The Morgan fingerprint density at radius 3 is 2.24 bits per heavy atom. The van der Waals surface area contributed by atoms with Gasteiger partial charge in [0.1, 0.15) is 0 Å². The minimum Gasteiger partial charge on any atom is -0.282 e. The zero-order chi connectivity index (χ0) is 12.4. The second-order valence-corrected chi connectivity index (χ2v) is 4.87. The van der Waals surface area contributed by atoms with Gasteiger partial charge < -0.3 is 0 Å². The highest BCUT2D eigenvalue weighted by Gasteiger charge is 2.58. The third kappa shape index (κ3) is 2.82. The van der Waals surface area contributed by atoms with Gasteiger partial charge in [-0.2, -0.15) is 0 Å². The van der Waals surface area contributed by atoms with Gasteiger partial charge in [0.05, 0.1) is 11.8 Å².